The normalized spacial score (nSPS) is 13.9. The first-order valence-corrected chi connectivity index (χ1v) is 4.97. The van der Waals surface area contributed by atoms with Crippen LogP contribution in [0.25, 0.3) is 0 Å². The molecule has 0 amide bonds. The van der Waals surface area contributed by atoms with Gasteiger partial charge in [-0.1, -0.05) is 13.0 Å². The van der Waals surface area contributed by atoms with Crippen LogP contribution >= 0.6 is 0 Å². The number of methoxy groups -OCH3 is 1. The number of hydrogen-bond donors (Lipinski definition) is 1. The van der Waals surface area contributed by atoms with Gasteiger partial charge in [0, 0.05) is 12.2 Å². The lowest BCUT2D eigenvalue weighted by atomic mass is 10.0. The van der Waals surface area contributed by atoms with Crippen molar-refractivity contribution in [3.63, 3.8) is 0 Å². The SMILES string of the molecule is COC(=O)C(C)=CCC[C@@H](C)CCO. The molecule has 0 saturated carbocycles. The van der Waals surface area contributed by atoms with Crippen molar-refractivity contribution in [2.24, 2.45) is 5.92 Å². The van der Waals surface area contributed by atoms with Crippen LogP contribution in [0.2, 0.25) is 0 Å². The molecule has 3 heteroatoms. The number of carbonyl (C=O) groups is 1. The van der Waals surface area contributed by atoms with E-state index >= 15 is 0 Å². The van der Waals surface area contributed by atoms with Crippen molar-refractivity contribution >= 4 is 5.97 Å². The van der Waals surface area contributed by atoms with Gasteiger partial charge in [-0.05, 0) is 32.1 Å². The summed E-state index contributed by atoms with van der Waals surface area (Å²) in [5, 5.41) is 8.68. The fraction of sp³-hybridized carbons (Fsp3) is 0.727. The zero-order valence-corrected chi connectivity index (χ0v) is 9.25. The van der Waals surface area contributed by atoms with Gasteiger partial charge in [-0.15, -0.1) is 0 Å². The molecule has 0 fully saturated rings. The average molecular weight is 200 g/mol. The first-order valence-electron chi connectivity index (χ1n) is 4.97. The van der Waals surface area contributed by atoms with E-state index in [1.807, 2.05) is 6.08 Å². The van der Waals surface area contributed by atoms with Crippen LogP contribution in [0.15, 0.2) is 11.6 Å². The standard InChI is InChI=1S/C11H20O3/c1-9(7-8-12)5-4-6-10(2)11(13)14-3/h6,9,12H,4-5,7-8H2,1-3H3/t9-/m1/s1. The van der Waals surface area contributed by atoms with Gasteiger partial charge in [0.25, 0.3) is 0 Å². The largest absolute Gasteiger partial charge is 0.466 e. The van der Waals surface area contributed by atoms with Crippen LogP contribution in [0.4, 0.5) is 0 Å². The van der Waals surface area contributed by atoms with E-state index < -0.39 is 0 Å². The summed E-state index contributed by atoms with van der Waals surface area (Å²) >= 11 is 0. The first-order chi connectivity index (χ1) is 6.61. The topological polar surface area (TPSA) is 46.5 Å². The molecule has 0 aromatic carbocycles. The van der Waals surface area contributed by atoms with Crippen molar-refractivity contribution in [2.75, 3.05) is 13.7 Å². The van der Waals surface area contributed by atoms with Gasteiger partial charge in [-0.3, -0.25) is 0 Å². The Morgan fingerprint density at radius 1 is 1.50 bits per heavy atom. The Bertz CT molecular complexity index is 197. The monoisotopic (exact) mass is 200 g/mol. The van der Waals surface area contributed by atoms with E-state index in [0.717, 1.165) is 19.3 Å². The van der Waals surface area contributed by atoms with Crippen LogP contribution in [0.5, 0.6) is 0 Å². The summed E-state index contributed by atoms with van der Waals surface area (Å²) in [5.74, 6) is 0.238. The zero-order valence-electron chi connectivity index (χ0n) is 9.25. The van der Waals surface area contributed by atoms with Crippen LogP contribution in [0, 0.1) is 5.92 Å². The Hall–Kier alpha value is -0.830. The number of aliphatic hydroxyl groups excluding tert-OH is 1. The third-order valence-corrected chi connectivity index (χ3v) is 2.24. The summed E-state index contributed by atoms with van der Waals surface area (Å²) in [6, 6.07) is 0. The molecular formula is C11H20O3. The number of ether oxygens (including phenoxy) is 1. The van der Waals surface area contributed by atoms with Crippen molar-refractivity contribution < 1.29 is 14.6 Å². The van der Waals surface area contributed by atoms with E-state index in [9.17, 15) is 4.79 Å². The highest BCUT2D eigenvalue weighted by atomic mass is 16.5. The molecule has 0 rings (SSSR count). The average Bonchev–Trinajstić information content (AvgIpc) is 2.16. The van der Waals surface area contributed by atoms with Crippen molar-refractivity contribution in [3.05, 3.63) is 11.6 Å². The summed E-state index contributed by atoms with van der Waals surface area (Å²) in [6.45, 7) is 4.08. The maximum atomic E-state index is 11.0. The smallest absolute Gasteiger partial charge is 0.333 e. The Morgan fingerprint density at radius 2 is 2.14 bits per heavy atom. The summed E-state index contributed by atoms with van der Waals surface area (Å²) in [5.41, 5.74) is 0.656. The lowest BCUT2D eigenvalue weighted by Gasteiger charge is -2.07. The van der Waals surface area contributed by atoms with Crippen LogP contribution in [0.1, 0.15) is 33.1 Å². The fourth-order valence-corrected chi connectivity index (χ4v) is 1.19. The Morgan fingerprint density at radius 3 is 2.64 bits per heavy atom. The van der Waals surface area contributed by atoms with Gasteiger partial charge >= 0.3 is 5.97 Å². The highest BCUT2D eigenvalue weighted by molar-refractivity contribution is 5.87. The lowest BCUT2D eigenvalue weighted by molar-refractivity contribution is -0.136. The molecule has 0 aliphatic heterocycles. The van der Waals surface area contributed by atoms with Gasteiger partial charge in [-0.25, -0.2) is 4.79 Å². The molecule has 0 bridgehead atoms. The van der Waals surface area contributed by atoms with E-state index in [1.54, 1.807) is 6.92 Å². The number of allylic oxidation sites excluding steroid dienone is 1. The second kappa shape index (κ2) is 7.56. The molecule has 1 atom stereocenters. The van der Waals surface area contributed by atoms with E-state index in [4.69, 9.17) is 5.11 Å². The highest BCUT2D eigenvalue weighted by Crippen LogP contribution is 2.11. The molecule has 0 aliphatic carbocycles. The number of rotatable bonds is 6. The molecule has 0 saturated heterocycles. The minimum absolute atomic E-state index is 0.237. The van der Waals surface area contributed by atoms with Crippen molar-refractivity contribution in [3.8, 4) is 0 Å². The number of carbonyl (C=O) groups excluding carboxylic acids is 1. The van der Waals surface area contributed by atoms with Crippen molar-refractivity contribution in [2.45, 2.75) is 33.1 Å². The molecule has 0 unspecified atom stereocenters. The van der Waals surface area contributed by atoms with E-state index in [1.165, 1.54) is 7.11 Å². The third-order valence-electron chi connectivity index (χ3n) is 2.24. The van der Waals surface area contributed by atoms with Crippen LogP contribution in [-0.4, -0.2) is 24.8 Å². The summed E-state index contributed by atoms with van der Waals surface area (Å²) in [7, 11) is 1.38. The molecule has 82 valence electrons. The van der Waals surface area contributed by atoms with Gasteiger partial charge in [0.1, 0.15) is 0 Å². The molecule has 0 aromatic heterocycles. The number of hydrogen-bond acceptors (Lipinski definition) is 3. The molecule has 14 heavy (non-hydrogen) atoms. The van der Waals surface area contributed by atoms with Gasteiger partial charge < -0.3 is 9.84 Å². The zero-order chi connectivity index (χ0) is 11.0. The predicted molar refractivity (Wildman–Crippen MR) is 55.9 cm³/mol. The highest BCUT2D eigenvalue weighted by Gasteiger charge is 2.03. The Labute approximate surface area is 85.8 Å². The minimum atomic E-state index is -0.264. The molecule has 1 N–H and O–H groups in total. The number of esters is 1. The fourth-order valence-electron chi connectivity index (χ4n) is 1.19. The quantitative estimate of drug-likeness (QED) is 0.526. The summed E-state index contributed by atoms with van der Waals surface area (Å²) in [4.78, 5) is 11.0. The predicted octanol–water partition coefficient (Wildman–Crippen LogP) is 1.90. The van der Waals surface area contributed by atoms with E-state index in [2.05, 4.69) is 11.7 Å². The third kappa shape index (κ3) is 5.75. The summed E-state index contributed by atoms with van der Waals surface area (Å²) < 4.78 is 4.57. The van der Waals surface area contributed by atoms with Crippen LogP contribution in [0.3, 0.4) is 0 Å². The van der Waals surface area contributed by atoms with E-state index in [0.29, 0.717) is 11.5 Å². The molecule has 0 heterocycles. The lowest BCUT2D eigenvalue weighted by Crippen LogP contribution is -2.02. The van der Waals surface area contributed by atoms with Gasteiger partial charge in [-0.2, -0.15) is 0 Å². The van der Waals surface area contributed by atoms with Gasteiger partial charge in [0.2, 0.25) is 0 Å². The molecule has 0 aromatic rings. The molecule has 0 spiro atoms. The maximum Gasteiger partial charge on any atom is 0.333 e. The Kier molecular flexibility index (Phi) is 7.11. The van der Waals surface area contributed by atoms with Crippen LogP contribution < -0.4 is 0 Å². The van der Waals surface area contributed by atoms with Crippen molar-refractivity contribution in [1.82, 2.24) is 0 Å². The molecule has 0 radical (unpaired) electrons. The maximum absolute atomic E-state index is 11.0. The molecule has 0 aliphatic rings. The minimum Gasteiger partial charge on any atom is -0.466 e. The summed E-state index contributed by atoms with van der Waals surface area (Å²) in [6.07, 6.45) is 4.57. The molecular weight excluding hydrogens is 180 g/mol. The Balaban J connectivity index is 3.75. The van der Waals surface area contributed by atoms with Gasteiger partial charge in [0.05, 0.1) is 7.11 Å². The first kappa shape index (κ1) is 13.2. The second-order valence-corrected chi connectivity index (χ2v) is 3.57. The number of aliphatic hydroxyl groups is 1. The van der Waals surface area contributed by atoms with Crippen LogP contribution in [-0.2, 0) is 9.53 Å². The second-order valence-electron chi connectivity index (χ2n) is 3.57. The molecule has 3 nitrogen and oxygen atoms in total. The van der Waals surface area contributed by atoms with E-state index in [-0.39, 0.29) is 12.6 Å². The van der Waals surface area contributed by atoms with Gasteiger partial charge in [0.15, 0.2) is 0 Å². The van der Waals surface area contributed by atoms with Crippen molar-refractivity contribution in [1.29, 1.82) is 0 Å².